The maximum atomic E-state index is 12.0. The number of likely N-dealkylation sites (N-methyl/N-ethyl adjacent to an activating group) is 2. The maximum absolute atomic E-state index is 12.0. The van der Waals surface area contributed by atoms with Crippen LogP contribution in [0.2, 0.25) is 0 Å². The van der Waals surface area contributed by atoms with Crippen LogP contribution >= 0.6 is 0 Å². The minimum Gasteiger partial charge on any atom is -0.355 e. The summed E-state index contributed by atoms with van der Waals surface area (Å²) in [7, 11) is 0. The molecule has 104 valence electrons. The lowest BCUT2D eigenvalue weighted by Crippen LogP contribution is -2.50. The molecule has 2 N–H and O–H groups in total. The molecule has 0 unspecified atom stereocenters. The van der Waals surface area contributed by atoms with Crippen LogP contribution in [-0.2, 0) is 9.59 Å². The van der Waals surface area contributed by atoms with E-state index < -0.39 is 0 Å². The van der Waals surface area contributed by atoms with Crippen molar-refractivity contribution in [1.29, 1.82) is 0 Å². The molecule has 0 spiro atoms. The summed E-state index contributed by atoms with van der Waals surface area (Å²) in [6.45, 7) is 9.04. The van der Waals surface area contributed by atoms with E-state index in [1.165, 1.54) is 0 Å². The Bertz CT molecular complexity index is 277. The summed E-state index contributed by atoms with van der Waals surface area (Å²) in [5.74, 6) is 0.0927. The molecule has 1 aliphatic heterocycles. The van der Waals surface area contributed by atoms with Crippen LogP contribution in [0.1, 0.15) is 13.8 Å². The first-order chi connectivity index (χ1) is 8.67. The zero-order chi connectivity index (χ0) is 13.4. The van der Waals surface area contributed by atoms with Crippen molar-refractivity contribution >= 4 is 11.8 Å². The SMILES string of the molecule is CCNC(=O)CN(CC)CC(=O)N1CCNCC1. The number of piperazine rings is 1. The predicted octanol–water partition coefficient (Wildman–Crippen LogP) is -1.12. The number of carbonyl (C=O) groups excluding carboxylic acids is 2. The Hall–Kier alpha value is -1.14. The second-order valence-corrected chi connectivity index (χ2v) is 4.39. The molecule has 1 aliphatic rings. The number of nitrogens with one attached hydrogen (secondary N) is 2. The molecule has 0 aromatic heterocycles. The monoisotopic (exact) mass is 256 g/mol. The van der Waals surface area contributed by atoms with E-state index in [1.807, 2.05) is 23.6 Å². The van der Waals surface area contributed by atoms with Gasteiger partial charge in [-0.25, -0.2) is 0 Å². The molecule has 1 saturated heterocycles. The molecule has 0 bridgehead atoms. The van der Waals surface area contributed by atoms with Gasteiger partial charge in [0.25, 0.3) is 0 Å². The van der Waals surface area contributed by atoms with Gasteiger partial charge in [0.15, 0.2) is 0 Å². The molecule has 0 radical (unpaired) electrons. The lowest BCUT2D eigenvalue weighted by atomic mass is 10.3. The molecule has 18 heavy (non-hydrogen) atoms. The van der Waals surface area contributed by atoms with Crippen molar-refractivity contribution in [2.24, 2.45) is 0 Å². The number of hydrogen-bond acceptors (Lipinski definition) is 4. The Morgan fingerprint density at radius 2 is 1.89 bits per heavy atom. The van der Waals surface area contributed by atoms with Crippen molar-refractivity contribution in [2.75, 3.05) is 52.4 Å². The summed E-state index contributed by atoms with van der Waals surface area (Å²) in [6.07, 6.45) is 0. The van der Waals surface area contributed by atoms with Gasteiger partial charge in [0.05, 0.1) is 13.1 Å². The third kappa shape index (κ3) is 5.01. The highest BCUT2D eigenvalue weighted by atomic mass is 16.2. The lowest BCUT2D eigenvalue weighted by molar-refractivity contribution is -0.133. The van der Waals surface area contributed by atoms with Gasteiger partial charge in [0.1, 0.15) is 0 Å². The summed E-state index contributed by atoms with van der Waals surface area (Å²) >= 11 is 0. The molecular weight excluding hydrogens is 232 g/mol. The lowest BCUT2D eigenvalue weighted by Gasteiger charge is -2.29. The van der Waals surface area contributed by atoms with E-state index in [2.05, 4.69) is 10.6 Å². The summed E-state index contributed by atoms with van der Waals surface area (Å²) in [5, 5.41) is 5.96. The average Bonchev–Trinajstić information content (AvgIpc) is 2.39. The minimum atomic E-state index is -0.0209. The molecule has 2 amide bonds. The number of rotatable bonds is 6. The van der Waals surface area contributed by atoms with Gasteiger partial charge < -0.3 is 15.5 Å². The van der Waals surface area contributed by atoms with Crippen LogP contribution in [0.15, 0.2) is 0 Å². The van der Waals surface area contributed by atoms with Crippen LogP contribution in [0.5, 0.6) is 0 Å². The highest BCUT2D eigenvalue weighted by Crippen LogP contribution is 1.97. The standard InChI is InChI=1S/C12H24N4O2/c1-3-14-11(17)9-15(4-2)10-12(18)16-7-5-13-6-8-16/h13H,3-10H2,1-2H3,(H,14,17). The quantitative estimate of drug-likeness (QED) is 0.631. The Kier molecular flexibility index (Phi) is 6.67. The van der Waals surface area contributed by atoms with E-state index in [0.717, 1.165) is 26.2 Å². The molecule has 6 nitrogen and oxygen atoms in total. The molecule has 1 fully saturated rings. The van der Waals surface area contributed by atoms with Crippen LogP contribution in [0.25, 0.3) is 0 Å². The zero-order valence-electron chi connectivity index (χ0n) is 11.4. The summed E-state index contributed by atoms with van der Waals surface area (Å²) in [5.41, 5.74) is 0. The van der Waals surface area contributed by atoms with Crippen LogP contribution in [-0.4, -0.2) is 74.0 Å². The van der Waals surface area contributed by atoms with Crippen molar-refractivity contribution in [3.8, 4) is 0 Å². The van der Waals surface area contributed by atoms with Crippen LogP contribution in [0, 0.1) is 0 Å². The molecular formula is C12H24N4O2. The average molecular weight is 256 g/mol. The van der Waals surface area contributed by atoms with Gasteiger partial charge in [-0.05, 0) is 13.5 Å². The highest BCUT2D eigenvalue weighted by molar-refractivity contribution is 5.81. The Labute approximate surface area is 109 Å². The molecule has 0 atom stereocenters. The molecule has 0 aromatic rings. The molecule has 1 rings (SSSR count). The van der Waals surface area contributed by atoms with Gasteiger partial charge in [0, 0.05) is 32.7 Å². The van der Waals surface area contributed by atoms with Crippen LogP contribution in [0.4, 0.5) is 0 Å². The third-order valence-corrected chi connectivity index (χ3v) is 3.02. The largest absolute Gasteiger partial charge is 0.355 e. The Morgan fingerprint density at radius 3 is 2.44 bits per heavy atom. The second-order valence-electron chi connectivity index (χ2n) is 4.39. The van der Waals surface area contributed by atoms with Crippen LogP contribution < -0.4 is 10.6 Å². The van der Waals surface area contributed by atoms with Crippen molar-refractivity contribution in [3.05, 3.63) is 0 Å². The zero-order valence-corrected chi connectivity index (χ0v) is 11.4. The number of amides is 2. The first-order valence-electron chi connectivity index (χ1n) is 6.64. The van der Waals surface area contributed by atoms with Gasteiger partial charge in [-0.3, -0.25) is 14.5 Å². The van der Waals surface area contributed by atoms with Crippen molar-refractivity contribution in [2.45, 2.75) is 13.8 Å². The maximum Gasteiger partial charge on any atom is 0.236 e. The number of hydrogen-bond donors (Lipinski definition) is 2. The topological polar surface area (TPSA) is 64.7 Å². The van der Waals surface area contributed by atoms with E-state index in [-0.39, 0.29) is 11.8 Å². The first-order valence-corrected chi connectivity index (χ1v) is 6.64. The van der Waals surface area contributed by atoms with E-state index in [9.17, 15) is 9.59 Å². The molecule has 0 saturated carbocycles. The predicted molar refractivity (Wildman–Crippen MR) is 70.2 cm³/mol. The smallest absolute Gasteiger partial charge is 0.236 e. The van der Waals surface area contributed by atoms with Crippen molar-refractivity contribution < 1.29 is 9.59 Å². The van der Waals surface area contributed by atoms with Gasteiger partial charge >= 0.3 is 0 Å². The van der Waals surface area contributed by atoms with E-state index in [4.69, 9.17) is 0 Å². The summed E-state index contributed by atoms with van der Waals surface area (Å²) < 4.78 is 0. The minimum absolute atomic E-state index is 0.0209. The van der Waals surface area contributed by atoms with E-state index in [0.29, 0.717) is 26.2 Å². The summed E-state index contributed by atoms with van der Waals surface area (Å²) in [6, 6.07) is 0. The van der Waals surface area contributed by atoms with Crippen molar-refractivity contribution in [1.82, 2.24) is 20.4 Å². The second kappa shape index (κ2) is 8.05. The molecule has 0 aromatic carbocycles. The van der Waals surface area contributed by atoms with Gasteiger partial charge in [-0.15, -0.1) is 0 Å². The number of carbonyl (C=O) groups is 2. The van der Waals surface area contributed by atoms with Gasteiger partial charge in [0.2, 0.25) is 11.8 Å². The van der Waals surface area contributed by atoms with Crippen LogP contribution in [0.3, 0.4) is 0 Å². The Balaban J connectivity index is 2.36. The van der Waals surface area contributed by atoms with Crippen molar-refractivity contribution in [3.63, 3.8) is 0 Å². The number of nitrogens with zero attached hydrogens (tertiary/aromatic N) is 2. The summed E-state index contributed by atoms with van der Waals surface area (Å²) in [4.78, 5) is 27.2. The molecule has 6 heteroatoms. The van der Waals surface area contributed by atoms with E-state index in [1.54, 1.807) is 0 Å². The van der Waals surface area contributed by atoms with E-state index >= 15 is 0 Å². The first kappa shape index (κ1) is 14.9. The molecule has 1 heterocycles. The highest BCUT2D eigenvalue weighted by Gasteiger charge is 2.19. The fourth-order valence-electron chi connectivity index (χ4n) is 1.94. The normalized spacial score (nSPS) is 15.8. The fraction of sp³-hybridized carbons (Fsp3) is 0.833. The van der Waals surface area contributed by atoms with Gasteiger partial charge in [-0.1, -0.05) is 6.92 Å². The third-order valence-electron chi connectivity index (χ3n) is 3.02. The van der Waals surface area contributed by atoms with Gasteiger partial charge in [-0.2, -0.15) is 0 Å². The Morgan fingerprint density at radius 1 is 1.22 bits per heavy atom. The fourth-order valence-corrected chi connectivity index (χ4v) is 1.94. The molecule has 0 aliphatic carbocycles.